The number of nitrogens with zero attached hydrogens (tertiary/aromatic N) is 1. The molecule has 0 unspecified atom stereocenters. The molecule has 0 fully saturated rings. The van der Waals surface area contributed by atoms with Crippen LogP contribution in [0.3, 0.4) is 0 Å². The minimum atomic E-state index is -0.515. The molecule has 0 saturated heterocycles. The second kappa shape index (κ2) is 6.11. The number of hydrogen-bond acceptors (Lipinski definition) is 3. The Morgan fingerprint density at radius 3 is 2.46 bits per heavy atom. The van der Waals surface area contributed by atoms with Gasteiger partial charge in [0.15, 0.2) is 6.29 Å². The molecule has 4 nitrogen and oxygen atoms in total. The van der Waals surface area contributed by atoms with Crippen LogP contribution in [0.1, 0.15) is 42.3 Å². The first kappa shape index (κ1) is 16.2. The van der Waals surface area contributed by atoms with Crippen molar-refractivity contribution in [3.63, 3.8) is 0 Å². The van der Waals surface area contributed by atoms with Crippen molar-refractivity contribution in [1.29, 1.82) is 0 Å². The zero-order chi connectivity index (χ0) is 17.3. The molecule has 0 atom stereocenters. The van der Waals surface area contributed by atoms with E-state index in [-0.39, 0.29) is 6.09 Å². The molecule has 2 aromatic rings. The van der Waals surface area contributed by atoms with Gasteiger partial charge in [0, 0.05) is 12.1 Å². The van der Waals surface area contributed by atoms with Gasteiger partial charge in [-0.05, 0) is 43.0 Å². The summed E-state index contributed by atoms with van der Waals surface area (Å²) in [4.78, 5) is 25.4. The van der Waals surface area contributed by atoms with Gasteiger partial charge in [0.25, 0.3) is 0 Å². The highest BCUT2D eigenvalue weighted by Crippen LogP contribution is 2.34. The fourth-order valence-electron chi connectivity index (χ4n) is 2.97. The molecule has 3 rings (SSSR count). The Bertz CT molecular complexity index is 790. The molecule has 0 bridgehead atoms. The first-order valence-electron chi connectivity index (χ1n) is 8.02. The van der Waals surface area contributed by atoms with E-state index in [1.807, 2.05) is 63.2 Å². The van der Waals surface area contributed by atoms with E-state index in [0.29, 0.717) is 18.7 Å². The van der Waals surface area contributed by atoms with Gasteiger partial charge in [0.2, 0.25) is 0 Å². The number of hydrogen-bond donors (Lipinski definition) is 0. The topological polar surface area (TPSA) is 46.6 Å². The molecule has 124 valence electrons. The van der Waals surface area contributed by atoms with Crippen LogP contribution in [0.2, 0.25) is 0 Å². The largest absolute Gasteiger partial charge is 0.444 e. The van der Waals surface area contributed by atoms with Crippen molar-refractivity contribution >= 4 is 12.4 Å². The van der Waals surface area contributed by atoms with Gasteiger partial charge in [0.1, 0.15) is 5.60 Å². The normalized spacial score (nSPS) is 13.5. The average molecular weight is 323 g/mol. The highest BCUT2D eigenvalue weighted by molar-refractivity contribution is 5.89. The molecular formula is C20H21NO3. The zero-order valence-electron chi connectivity index (χ0n) is 14.2. The molecule has 1 aliphatic rings. The van der Waals surface area contributed by atoms with Crippen molar-refractivity contribution in [1.82, 2.24) is 4.90 Å². The van der Waals surface area contributed by atoms with E-state index in [4.69, 9.17) is 4.74 Å². The monoisotopic (exact) mass is 323 g/mol. The van der Waals surface area contributed by atoms with Gasteiger partial charge in [0.05, 0.1) is 6.54 Å². The molecule has 0 aliphatic carbocycles. The summed E-state index contributed by atoms with van der Waals surface area (Å²) in [6.45, 7) is 6.61. The van der Waals surface area contributed by atoms with E-state index < -0.39 is 5.60 Å². The Morgan fingerprint density at radius 2 is 1.75 bits per heavy atom. The molecule has 0 saturated carbocycles. The lowest BCUT2D eigenvalue weighted by Gasteiger charge is -2.24. The minimum Gasteiger partial charge on any atom is -0.444 e. The van der Waals surface area contributed by atoms with Gasteiger partial charge in [-0.25, -0.2) is 4.79 Å². The van der Waals surface area contributed by atoms with Crippen molar-refractivity contribution in [3.8, 4) is 11.1 Å². The molecule has 1 heterocycles. The van der Waals surface area contributed by atoms with Gasteiger partial charge >= 0.3 is 6.09 Å². The maximum absolute atomic E-state index is 12.3. The van der Waals surface area contributed by atoms with Crippen molar-refractivity contribution in [2.24, 2.45) is 0 Å². The van der Waals surface area contributed by atoms with E-state index in [1.165, 1.54) is 0 Å². The summed E-state index contributed by atoms with van der Waals surface area (Å²) in [5.74, 6) is 0. The number of ether oxygens (including phenoxy) is 1. The zero-order valence-corrected chi connectivity index (χ0v) is 14.2. The molecule has 4 heteroatoms. The summed E-state index contributed by atoms with van der Waals surface area (Å²) in [5, 5.41) is 0. The fraction of sp³-hybridized carbons (Fsp3) is 0.300. The number of carbonyl (C=O) groups is 2. The summed E-state index contributed by atoms with van der Waals surface area (Å²) in [6.07, 6.45) is 0.559. The number of rotatable bonds is 2. The van der Waals surface area contributed by atoms with Crippen LogP contribution in [0.25, 0.3) is 11.1 Å². The van der Waals surface area contributed by atoms with Crippen LogP contribution in [-0.4, -0.2) is 22.9 Å². The number of amides is 1. The van der Waals surface area contributed by atoms with Crippen LogP contribution in [0.5, 0.6) is 0 Å². The quantitative estimate of drug-likeness (QED) is 0.769. The van der Waals surface area contributed by atoms with E-state index in [1.54, 1.807) is 4.90 Å². The molecule has 1 aliphatic heterocycles. The second-order valence-electron chi connectivity index (χ2n) is 6.98. The molecule has 1 amide bonds. The van der Waals surface area contributed by atoms with Crippen LogP contribution in [-0.2, 0) is 17.8 Å². The standard InChI is InChI=1S/C20H21NO3/c1-20(2,3)24-19(23)21-11-14-8-6-10-17(18(14)12-21)16-9-5-4-7-15(16)13-22/h4-10,13H,11-12H2,1-3H3. The highest BCUT2D eigenvalue weighted by Gasteiger charge is 2.29. The summed E-state index contributed by atoms with van der Waals surface area (Å²) in [7, 11) is 0. The smallest absolute Gasteiger partial charge is 0.410 e. The Balaban J connectivity index is 1.94. The lowest BCUT2D eigenvalue weighted by Crippen LogP contribution is -2.33. The van der Waals surface area contributed by atoms with E-state index in [9.17, 15) is 9.59 Å². The van der Waals surface area contributed by atoms with Crippen molar-refractivity contribution in [3.05, 3.63) is 59.2 Å². The Kier molecular flexibility index (Phi) is 4.14. The van der Waals surface area contributed by atoms with Crippen molar-refractivity contribution in [2.75, 3.05) is 0 Å². The first-order valence-corrected chi connectivity index (χ1v) is 8.02. The predicted octanol–water partition coefficient (Wildman–Crippen LogP) is 4.42. The Labute approximate surface area is 142 Å². The SMILES string of the molecule is CC(C)(C)OC(=O)N1Cc2cccc(-c3ccccc3C=O)c2C1. The Hall–Kier alpha value is -2.62. The van der Waals surface area contributed by atoms with Gasteiger partial charge < -0.3 is 4.74 Å². The van der Waals surface area contributed by atoms with E-state index in [0.717, 1.165) is 28.5 Å². The Morgan fingerprint density at radius 1 is 1.04 bits per heavy atom. The maximum Gasteiger partial charge on any atom is 0.410 e. The third-order valence-corrected chi connectivity index (χ3v) is 4.01. The molecule has 0 aromatic heterocycles. The van der Waals surface area contributed by atoms with Crippen molar-refractivity contribution < 1.29 is 14.3 Å². The van der Waals surface area contributed by atoms with Gasteiger partial charge in [-0.1, -0.05) is 42.5 Å². The van der Waals surface area contributed by atoms with Gasteiger partial charge in [-0.2, -0.15) is 0 Å². The fourth-order valence-corrected chi connectivity index (χ4v) is 2.97. The number of aldehydes is 1. The highest BCUT2D eigenvalue weighted by atomic mass is 16.6. The average Bonchev–Trinajstić information content (AvgIpc) is 2.97. The van der Waals surface area contributed by atoms with E-state index in [2.05, 4.69) is 0 Å². The third kappa shape index (κ3) is 3.18. The van der Waals surface area contributed by atoms with Crippen LogP contribution in [0.4, 0.5) is 4.79 Å². The van der Waals surface area contributed by atoms with Crippen LogP contribution >= 0.6 is 0 Å². The summed E-state index contributed by atoms with van der Waals surface area (Å²) in [5.41, 5.74) is 4.22. The number of fused-ring (bicyclic) bond motifs is 1. The third-order valence-electron chi connectivity index (χ3n) is 4.01. The minimum absolute atomic E-state index is 0.312. The lowest BCUT2D eigenvalue weighted by atomic mass is 9.94. The molecule has 24 heavy (non-hydrogen) atoms. The summed E-state index contributed by atoms with van der Waals surface area (Å²) < 4.78 is 5.47. The van der Waals surface area contributed by atoms with Gasteiger partial charge in [-0.15, -0.1) is 0 Å². The van der Waals surface area contributed by atoms with Gasteiger partial charge in [-0.3, -0.25) is 9.69 Å². The van der Waals surface area contributed by atoms with Crippen LogP contribution in [0.15, 0.2) is 42.5 Å². The first-order chi connectivity index (χ1) is 11.4. The molecular weight excluding hydrogens is 302 g/mol. The van der Waals surface area contributed by atoms with Crippen LogP contribution in [0, 0.1) is 0 Å². The predicted molar refractivity (Wildman–Crippen MR) is 92.7 cm³/mol. The molecule has 0 spiro atoms. The number of benzene rings is 2. The van der Waals surface area contributed by atoms with Crippen molar-refractivity contribution in [2.45, 2.75) is 39.5 Å². The second-order valence-corrected chi connectivity index (χ2v) is 6.98. The summed E-state index contributed by atoms with van der Waals surface area (Å²) in [6, 6.07) is 13.5. The maximum atomic E-state index is 12.3. The lowest BCUT2D eigenvalue weighted by molar-refractivity contribution is 0.0242. The summed E-state index contributed by atoms with van der Waals surface area (Å²) >= 11 is 0. The van der Waals surface area contributed by atoms with Crippen LogP contribution < -0.4 is 0 Å². The molecule has 0 radical (unpaired) electrons. The van der Waals surface area contributed by atoms with E-state index >= 15 is 0 Å². The molecule has 2 aromatic carbocycles. The molecule has 0 N–H and O–H groups in total. The number of carbonyl (C=O) groups excluding carboxylic acids is 2.